The molecule has 0 spiro atoms. The number of anilines is 2. The highest BCUT2D eigenvalue weighted by atomic mass is 32.1. The summed E-state index contributed by atoms with van der Waals surface area (Å²) in [6.07, 6.45) is 1.68. The zero-order chi connectivity index (χ0) is 9.10. The number of thiophene rings is 1. The molecule has 2 rings (SSSR count). The van der Waals surface area contributed by atoms with E-state index < -0.39 is 0 Å². The molecular formula is C10H9N2S. The molecule has 0 aliphatic heterocycles. The SMILES string of the molecule is CN(c1cc[c]cn1)c1cccs1. The van der Waals surface area contributed by atoms with E-state index in [0.29, 0.717) is 0 Å². The first-order valence-electron chi connectivity index (χ1n) is 3.97. The highest BCUT2D eigenvalue weighted by Gasteiger charge is 2.03. The van der Waals surface area contributed by atoms with Crippen molar-refractivity contribution in [2.24, 2.45) is 0 Å². The van der Waals surface area contributed by atoms with E-state index in [2.05, 4.69) is 27.4 Å². The summed E-state index contributed by atoms with van der Waals surface area (Å²) in [5.41, 5.74) is 0. The van der Waals surface area contributed by atoms with Crippen LogP contribution in [0.5, 0.6) is 0 Å². The van der Waals surface area contributed by atoms with Crippen LogP contribution in [0.2, 0.25) is 0 Å². The maximum atomic E-state index is 4.21. The lowest BCUT2D eigenvalue weighted by Crippen LogP contribution is -2.08. The number of nitrogens with zero attached hydrogens (tertiary/aromatic N) is 2. The quantitative estimate of drug-likeness (QED) is 0.722. The van der Waals surface area contributed by atoms with Crippen molar-refractivity contribution in [3.8, 4) is 0 Å². The van der Waals surface area contributed by atoms with Crippen LogP contribution in [0.4, 0.5) is 10.8 Å². The minimum absolute atomic E-state index is 0.946. The largest absolute Gasteiger partial charge is 0.321 e. The van der Waals surface area contributed by atoms with E-state index in [1.54, 1.807) is 17.5 Å². The van der Waals surface area contributed by atoms with Crippen LogP contribution in [0, 0.1) is 6.07 Å². The normalized spacial score (nSPS) is 9.92. The van der Waals surface area contributed by atoms with Crippen LogP contribution in [-0.4, -0.2) is 12.0 Å². The van der Waals surface area contributed by atoms with Crippen molar-refractivity contribution >= 4 is 22.2 Å². The standard InChI is InChI=1S/C10H9N2S/c1-12(10-6-4-8-13-10)9-5-2-3-7-11-9/h2,4-8H,1H3. The summed E-state index contributed by atoms with van der Waals surface area (Å²) < 4.78 is 0. The molecule has 0 N–H and O–H groups in total. The Balaban J connectivity index is 2.29. The van der Waals surface area contributed by atoms with Crippen molar-refractivity contribution in [2.75, 3.05) is 11.9 Å². The third-order valence-electron chi connectivity index (χ3n) is 1.78. The van der Waals surface area contributed by atoms with Gasteiger partial charge in [-0.3, -0.25) is 0 Å². The van der Waals surface area contributed by atoms with Gasteiger partial charge < -0.3 is 4.90 Å². The molecule has 0 fully saturated rings. The van der Waals surface area contributed by atoms with Gasteiger partial charge in [0.25, 0.3) is 0 Å². The molecule has 0 atom stereocenters. The molecule has 65 valence electrons. The monoisotopic (exact) mass is 189 g/mol. The van der Waals surface area contributed by atoms with Gasteiger partial charge in [0.05, 0.1) is 5.00 Å². The number of hydrogen-bond donors (Lipinski definition) is 0. The second-order valence-electron chi connectivity index (χ2n) is 2.63. The zero-order valence-electron chi connectivity index (χ0n) is 7.27. The van der Waals surface area contributed by atoms with Crippen LogP contribution < -0.4 is 4.90 Å². The fourth-order valence-electron chi connectivity index (χ4n) is 1.08. The van der Waals surface area contributed by atoms with Crippen LogP contribution in [0.15, 0.2) is 35.8 Å². The zero-order valence-corrected chi connectivity index (χ0v) is 8.08. The summed E-state index contributed by atoms with van der Waals surface area (Å²) in [7, 11) is 2.01. The number of hydrogen-bond acceptors (Lipinski definition) is 3. The molecule has 2 heterocycles. The molecule has 2 aromatic rings. The molecule has 1 radical (unpaired) electrons. The molecule has 0 saturated carbocycles. The highest BCUT2D eigenvalue weighted by Crippen LogP contribution is 2.25. The smallest absolute Gasteiger partial charge is 0.133 e. The molecule has 0 unspecified atom stereocenters. The minimum Gasteiger partial charge on any atom is -0.321 e. The molecule has 13 heavy (non-hydrogen) atoms. The molecule has 0 aromatic carbocycles. The second kappa shape index (κ2) is 3.58. The van der Waals surface area contributed by atoms with E-state index in [9.17, 15) is 0 Å². The summed E-state index contributed by atoms with van der Waals surface area (Å²) in [6, 6.07) is 10.8. The molecule has 2 aromatic heterocycles. The molecule has 2 nitrogen and oxygen atoms in total. The third-order valence-corrected chi connectivity index (χ3v) is 2.73. The molecule has 0 aliphatic rings. The van der Waals surface area contributed by atoms with Crippen molar-refractivity contribution in [1.82, 2.24) is 4.98 Å². The van der Waals surface area contributed by atoms with E-state index in [0.717, 1.165) is 5.82 Å². The molecule has 3 heteroatoms. The summed E-state index contributed by atoms with van der Waals surface area (Å²) >= 11 is 1.70. The van der Waals surface area contributed by atoms with Crippen molar-refractivity contribution in [1.29, 1.82) is 0 Å². The van der Waals surface area contributed by atoms with Gasteiger partial charge >= 0.3 is 0 Å². The lowest BCUT2D eigenvalue weighted by molar-refractivity contribution is 1.14. The summed E-state index contributed by atoms with van der Waals surface area (Å²) in [5, 5.41) is 3.25. The topological polar surface area (TPSA) is 16.1 Å². The third kappa shape index (κ3) is 1.70. The van der Waals surface area contributed by atoms with Crippen LogP contribution >= 0.6 is 11.3 Å². The second-order valence-corrected chi connectivity index (χ2v) is 3.55. The number of pyridine rings is 1. The van der Waals surface area contributed by atoms with Crippen molar-refractivity contribution < 1.29 is 0 Å². The first-order valence-corrected chi connectivity index (χ1v) is 4.85. The summed E-state index contributed by atoms with van der Waals surface area (Å²) in [6.45, 7) is 0. The predicted molar refractivity (Wildman–Crippen MR) is 55.5 cm³/mol. The maximum Gasteiger partial charge on any atom is 0.133 e. The molecule has 0 saturated heterocycles. The Morgan fingerprint density at radius 3 is 3.00 bits per heavy atom. The molecule has 0 aliphatic carbocycles. The highest BCUT2D eigenvalue weighted by molar-refractivity contribution is 7.14. The van der Waals surface area contributed by atoms with Crippen molar-refractivity contribution in [2.45, 2.75) is 0 Å². The van der Waals surface area contributed by atoms with Gasteiger partial charge in [-0.2, -0.15) is 0 Å². The van der Waals surface area contributed by atoms with Gasteiger partial charge in [0, 0.05) is 19.3 Å². The van der Waals surface area contributed by atoms with Crippen molar-refractivity contribution in [3.05, 3.63) is 41.9 Å². The summed E-state index contributed by atoms with van der Waals surface area (Å²) in [5.74, 6) is 0.946. The van der Waals surface area contributed by atoms with Crippen molar-refractivity contribution in [3.63, 3.8) is 0 Å². The van der Waals surface area contributed by atoms with Gasteiger partial charge in [-0.05, 0) is 29.6 Å². The van der Waals surface area contributed by atoms with Gasteiger partial charge in [0.15, 0.2) is 0 Å². The van der Waals surface area contributed by atoms with Gasteiger partial charge in [0.1, 0.15) is 5.82 Å². The van der Waals surface area contributed by atoms with Crippen LogP contribution in [0.25, 0.3) is 0 Å². The summed E-state index contributed by atoms with van der Waals surface area (Å²) in [4.78, 5) is 6.27. The first kappa shape index (κ1) is 8.26. The fraction of sp³-hybridized carbons (Fsp3) is 0.100. The Labute approximate surface area is 81.5 Å². The molecule has 0 amide bonds. The lowest BCUT2D eigenvalue weighted by Gasteiger charge is -2.14. The number of rotatable bonds is 2. The fourth-order valence-corrected chi connectivity index (χ4v) is 1.79. The van der Waals surface area contributed by atoms with E-state index in [1.165, 1.54) is 5.00 Å². The average Bonchev–Trinajstić information content (AvgIpc) is 2.71. The Morgan fingerprint density at radius 2 is 2.38 bits per heavy atom. The first-order chi connectivity index (χ1) is 6.38. The maximum absolute atomic E-state index is 4.21. The Hall–Kier alpha value is -1.35. The predicted octanol–water partition coefficient (Wildman–Crippen LogP) is 2.71. The van der Waals surface area contributed by atoms with Crippen LogP contribution in [0.1, 0.15) is 0 Å². The average molecular weight is 189 g/mol. The van der Waals surface area contributed by atoms with Gasteiger partial charge in [-0.25, -0.2) is 4.98 Å². The van der Waals surface area contributed by atoms with E-state index in [4.69, 9.17) is 0 Å². The van der Waals surface area contributed by atoms with Crippen LogP contribution in [-0.2, 0) is 0 Å². The minimum atomic E-state index is 0.946. The van der Waals surface area contributed by atoms with Crippen LogP contribution in [0.3, 0.4) is 0 Å². The van der Waals surface area contributed by atoms with E-state index in [1.807, 2.05) is 25.2 Å². The van der Waals surface area contributed by atoms with E-state index in [-0.39, 0.29) is 0 Å². The molecular weight excluding hydrogens is 180 g/mol. The number of aromatic nitrogens is 1. The lowest BCUT2D eigenvalue weighted by atomic mass is 10.4. The van der Waals surface area contributed by atoms with Gasteiger partial charge in [-0.1, -0.05) is 0 Å². The molecule has 0 bridgehead atoms. The Bertz CT molecular complexity index is 356. The van der Waals surface area contributed by atoms with Gasteiger partial charge in [-0.15, -0.1) is 11.3 Å². The Morgan fingerprint density at radius 1 is 1.46 bits per heavy atom. The van der Waals surface area contributed by atoms with Gasteiger partial charge in [0.2, 0.25) is 0 Å². The Kier molecular flexibility index (Phi) is 2.27. The van der Waals surface area contributed by atoms with E-state index >= 15 is 0 Å².